The molecule has 0 aliphatic carbocycles. The zero-order valence-electron chi connectivity index (χ0n) is 12.7. The quantitative estimate of drug-likeness (QED) is 0.387. The first-order chi connectivity index (χ1) is 11.1. The van der Waals surface area contributed by atoms with Crippen molar-refractivity contribution in [2.75, 3.05) is 0 Å². The number of hydrogen-bond acceptors (Lipinski definition) is 2. The minimum Gasteiger partial charge on any atom is -0.280 e. The van der Waals surface area contributed by atoms with Crippen LogP contribution in [0.4, 0.5) is 0 Å². The molecule has 2 aromatic rings. The van der Waals surface area contributed by atoms with E-state index in [1.807, 2.05) is 24.3 Å². The van der Waals surface area contributed by atoms with Crippen molar-refractivity contribution >= 4 is 33.7 Å². The molecule has 0 N–H and O–H groups in total. The minimum atomic E-state index is -1.46. The summed E-state index contributed by atoms with van der Waals surface area (Å²) in [6, 6.07) is 18.9. The largest absolute Gasteiger partial charge is 0.280 e. The van der Waals surface area contributed by atoms with Crippen LogP contribution >= 0.6 is 23.2 Å². The Labute approximate surface area is 146 Å². The van der Waals surface area contributed by atoms with Crippen LogP contribution in [-0.4, -0.2) is 10.5 Å². The Bertz CT molecular complexity index is 640. The van der Waals surface area contributed by atoms with Crippen LogP contribution < -0.4 is 0 Å². The molecule has 0 fully saturated rings. The van der Waals surface area contributed by atoms with E-state index in [-0.39, 0.29) is 0 Å². The van der Waals surface area contributed by atoms with Gasteiger partial charge in [-0.3, -0.25) is 9.59 Å². The van der Waals surface area contributed by atoms with E-state index in [1.165, 1.54) is 5.56 Å². The van der Waals surface area contributed by atoms with Crippen LogP contribution in [0.5, 0.6) is 0 Å². The molecule has 0 saturated carbocycles. The summed E-state index contributed by atoms with van der Waals surface area (Å²) in [6.45, 7) is 0. The Balaban J connectivity index is 2.10. The number of aryl methyl sites for hydroxylation is 1. The van der Waals surface area contributed by atoms with E-state index in [0.29, 0.717) is 18.4 Å². The number of rotatable bonds is 8. The number of carbonyl (C=O) groups is 2. The zero-order chi connectivity index (χ0) is 16.7. The topological polar surface area (TPSA) is 34.1 Å². The standard InChI is InChI=1S/C19H18Cl2O2/c20-17(22)19(18(21)23,16-12-5-2-6-13-16)14-8-7-11-15-9-3-1-4-10-15/h1-6,9-10,12-13H,7-8,11,14H2. The molecule has 0 atom stereocenters. The molecule has 0 saturated heterocycles. The fourth-order valence-corrected chi connectivity index (χ4v) is 3.36. The van der Waals surface area contributed by atoms with Crippen molar-refractivity contribution in [2.45, 2.75) is 31.1 Å². The van der Waals surface area contributed by atoms with Crippen LogP contribution in [0.1, 0.15) is 30.4 Å². The molecule has 120 valence electrons. The molecule has 0 heterocycles. The molecule has 23 heavy (non-hydrogen) atoms. The summed E-state index contributed by atoms with van der Waals surface area (Å²) >= 11 is 11.6. The van der Waals surface area contributed by atoms with Crippen LogP contribution in [0.25, 0.3) is 0 Å². The molecule has 0 unspecified atom stereocenters. The van der Waals surface area contributed by atoms with E-state index < -0.39 is 15.9 Å². The second-order valence-corrected chi connectivity index (χ2v) is 6.20. The van der Waals surface area contributed by atoms with Gasteiger partial charge in [0.05, 0.1) is 0 Å². The van der Waals surface area contributed by atoms with Crippen LogP contribution in [0.2, 0.25) is 0 Å². The van der Waals surface area contributed by atoms with Gasteiger partial charge in [-0.1, -0.05) is 67.1 Å². The number of unbranched alkanes of at least 4 members (excludes halogenated alkanes) is 1. The maximum Gasteiger partial charge on any atom is 0.241 e. The normalized spacial score (nSPS) is 11.2. The zero-order valence-corrected chi connectivity index (χ0v) is 14.2. The first kappa shape index (κ1) is 17.7. The van der Waals surface area contributed by atoms with Gasteiger partial charge in [-0.25, -0.2) is 0 Å². The van der Waals surface area contributed by atoms with Crippen LogP contribution in [0, 0.1) is 0 Å². The van der Waals surface area contributed by atoms with E-state index in [0.717, 1.165) is 12.8 Å². The van der Waals surface area contributed by atoms with Gasteiger partial charge in [-0.2, -0.15) is 0 Å². The summed E-state index contributed by atoms with van der Waals surface area (Å²) in [5.41, 5.74) is 0.327. The van der Waals surface area contributed by atoms with Crippen molar-refractivity contribution in [3.8, 4) is 0 Å². The minimum absolute atomic E-state index is 0.314. The van der Waals surface area contributed by atoms with Crippen molar-refractivity contribution in [1.82, 2.24) is 0 Å². The van der Waals surface area contributed by atoms with E-state index in [9.17, 15) is 9.59 Å². The Morgan fingerprint density at radius 3 is 1.83 bits per heavy atom. The van der Waals surface area contributed by atoms with Gasteiger partial charge in [-0.15, -0.1) is 0 Å². The Morgan fingerprint density at radius 2 is 1.30 bits per heavy atom. The highest BCUT2D eigenvalue weighted by atomic mass is 35.5. The third-order valence-electron chi connectivity index (χ3n) is 4.05. The fourth-order valence-electron chi connectivity index (χ4n) is 2.73. The van der Waals surface area contributed by atoms with Crippen molar-refractivity contribution < 1.29 is 9.59 Å². The molecule has 0 radical (unpaired) electrons. The molecule has 0 aliphatic heterocycles. The van der Waals surface area contributed by atoms with E-state index in [1.54, 1.807) is 24.3 Å². The van der Waals surface area contributed by atoms with Gasteiger partial charge < -0.3 is 0 Å². The average molecular weight is 349 g/mol. The van der Waals surface area contributed by atoms with Gasteiger partial charge in [0, 0.05) is 0 Å². The third-order valence-corrected chi connectivity index (χ3v) is 4.69. The third kappa shape index (κ3) is 4.21. The molecular weight excluding hydrogens is 331 g/mol. The number of hydrogen-bond donors (Lipinski definition) is 0. The van der Waals surface area contributed by atoms with Gasteiger partial charge in [-0.05, 0) is 53.6 Å². The smallest absolute Gasteiger partial charge is 0.241 e. The molecule has 4 heteroatoms. The molecule has 0 aromatic heterocycles. The Kier molecular flexibility index (Phi) is 6.37. The molecule has 0 amide bonds. The fraction of sp³-hybridized carbons (Fsp3) is 0.263. The summed E-state index contributed by atoms with van der Waals surface area (Å²) in [4.78, 5) is 24.1. The van der Waals surface area contributed by atoms with E-state index in [4.69, 9.17) is 23.2 Å². The lowest BCUT2D eigenvalue weighted by Crippen LogP contribution is -2.39. The maximum absolute atomic E-state index is 12.0. The summed E-state index contributed by atoms with van der Waals surface area (Å²) in [5, 5.41) is -1.44. The van der Waals surface area contributed by atoms with E-state index in [2.05, 4.69) is 12.1 Å². The highest BCUT2D eigenvalue weighted by Gasteiger charge is 2.44. The van der Waals surface area contributed by atoms with Gasteiger partial charge in [0.2, 0.25) is 10.5 Å². The molecule has 2 aromatic carbocycles. The number of halogens is 2. The SMILES string of the molecule is O=C(Cl)C(CCCCc1ccccc1)(C(=O)Cl)c1ccccc1. The highest BCUT2D eigenvalue weighted by molar-refractivity contribution is 6.76. The summed E-state index contributed by atoms with van der Waals surface area (Å²) < 4.78 is 0. The molecular formula is C19H18Cl2O2. The summed E-state index contributed by atoms with van der Waals surface area (Å²) in [5.74, 6) is 0. The average Bonchev–Trinajstić information content (AvgIpc) is 2.56. The lowest BCUT2D eigenvalue weighted by molar-refractivity contribution is -0.126. The van der Waals surface area contributed by atoms with Crippen LogP contribution in [0.3, 0.4) is 0 Å². The van der Waals surface area contributed by atoms with Gasteiger partial charge >= 0.3 is 0 Å². The van der Waals surface area contributed by atoms with Gasteiger partial charge in [0.1, 0.15) is 5.41 Å². The van der Waals surface area contributed by atoms with Gasteiger partial charge in [0.25, 0.3) is 0 Å². The van der Waals surface area contributed by atoms with Crippen LogP contribution in [0.15, 0.2) is 60.7 Å². The highest BCUT2D eigenvalue weighted by Crippen LogP contribution is 2.35. The second kappa shape index (κ2) is 8.28. The molecule has 0 bridgehead atoms. The lowest BCUT2D eigenvalue weighted by Gasteiger charge is -2.26. The van der Waals surface area contributed by atoms with Crippen molar-refractivity contribution in [1.29, 1.82) is 0 Å². The lowest BCUT2D eigenvalue weighted by atomic mass is 9.78. The van der Waals surface area contributed by atoms with Crippen molar-refractivity contribution in [3.63, 3.8) is 0 Å². The van der Waals surface area contributed by atoms with Crippen molar-refractivity contribution in [2.24, 2.45) is 0 Å². The maximum atomic E-state index is 12.0. The van der Waals surface area contributed by atoms with Gasteiger partial charge in [0.15, 0.2) is 0 Å². The predicted molar refractivity (Wildman–Crippen MR) is 93.8 cm³/mol. The summed E-state index contributed by atoms with van der Waals surface area (Å²) in [7, 11) is 0. The Hall–Kier alpha value is -1.64. The Morgan fingerprint density at radius 1 is 0.783 bits per heavy atom. The number of carbonyl (C=O) groups excluding carboxylic acids is 2. The van der Waals surface area contributed by atoms with Crippen molar-refractivity contribution in [3.05, 3.63) is 71.8 Å². The first-order valence-electron chi connectivity index (χ1n) is 7.56. The van der Waals surface area contributed by atoms with E-state index >= 15 is 0 Å². The van der Waals surface area contributed by atoms with Crippen LogP contribution in [-0.2, 0) is 21.4 Å². The second-order valence-electron chi connectivity index (χ2n) is 5.51. The molecule has 2 rings (SSSR count). The number of benzene rings is 2. The summed E-state index contributed by atoms with van der Waals surface area (Å²) in [6.07, 6.45) is 2.74. The monoisotopic (exact) mass is 348 g/mol. The molecule has 0 spiro atoms. The predicted octanol–water partition coefficient (Wildman–Crippen LogP) is 4.87. The molecule has 2 nitrogen and oxygen atoms in total. The first-order valence-corrected chi connectivity index (χ1v) is 8.32. The molecule has 0 aliphatic rings.